The minimum Gasteiger partial charge on any atom is -0.492 e. The zero-order valence-corrected chi connectivity index (χ0v) is 17.5. The van der Waals surface area contributed by atoms with E-state index in [0.29, 0.717) is 19.7 Å². The highest BCUT2D eigenvalue weighted by Crippen LogP contribution is 2.30. The van der Waals surface area contributed by atoms with E-state index in [0.717, 1.165) is 38.9 Å². The lowest BCUT2D eigenvalue weighted by Gasteiger charge is -2.13. The van der Waals surface area contributed by atoms with E-state index in [1.807, 2.05) is 66.9 Å². The largest absolute Gasteiger partial charge is 0.492 e. The molecule has 0 fully saturated rings. The number of ether oxygens (including phenoxy) is 2. The van der Waals surface area contributed by atoms with Crippen LogP contribution in [0.5, 0.6) is 11.5 Å². The Labute approximate surface area is 179 Å². The molecule has 2 aromatic heterocycles. The summed E-state index contributed by atoms with van der Waals surface area (Å²) in [7, 11) is 0. The summed E-state index contributed by atoms with van der Waals surface area (Å²) in [4.78, 5) is 4.47. The van der Waals surface area contributed by atoms with Crippen LogP contribution in [-0.2, 0) is 0 Å². The molecule has 0 aliphatic carbocycles. The average Bonchev–Trinajstić information content (AvgIpc) is 3.38. The van der Waals surface area contributed by atoms with E-state index >= 15 is 0 Å². The molecule has 0 spiro atoms. The van der Waals surface area contributed by atoms with Gasteiger partial charge in [-0.05, 0) is 43.3 Å². The maximum absolute atomic E-state index is 10.00. The number of aryl methyl sites for hydroxylation is 1. The lowest BCUT2D eigenvalue weighted by molar-refractivity contribution is 0.105. The summed E-state index contributed by atoms with van der Waals surface area (Å²) in [5.74, 6) is 2.29. The summed E-state index contributed by atoms with van der Waals surface area (Å²) in [5, 5.41) is 17.2. The second-order valence-corrected chi connectivity index (χ2v) is 7.95. The summed E-state index contributed by atoms with van der Waals surface area (Å²) >= 11 is 1.60. The van der Waals surface area contributed by atoms with E-state index in [1.54, 1.807) is 11.3 Å². The van der Waals surface area contributed by atoms with E-state index < -0.39 is 6.10 Å². The Morgan fingerprint density at radius 2 is 1.97 bits per heavy atom. The fraction of sp³-hybridized carbons (Fsp3) is 0.261. The number of hydrogen-bond donors (Lipinski definition) is 2. The summed E-state index contributed by atoms with van der Waals surface area (Å²) < 4.78 is 17.2. The van der Waals surface area contributed by atoms with E-state index in [-0.39, 0.29) is 6.61 Å². The van der Waals surface area contributed by atoms with Crippen LogP contribution in [0.3, 0.4) is 0 Å². The molecule has 156 valence electrons. The van der Waals surface area contributed by atoms with Crippen LogP contribution in [0.2, 0.25) is 0 Å². The SMILES string of the molecule is Cc1nc(-c2cc3cc(OCCNC[C@H](O)COc4ccccc4)ccc3o2)cs1. The first-order chi connectivity index (χ1) is 14.7. The molecule has 0 saturated carbocycles. The number of aliphatic hydroxyl groups excluding tert-OH is 1. The molecule has 4 rings (SSSR count). The molecule has 0 bridgehead atoms. The van der Waals surface area contributed by atoms with Crippen molar-refractivity contribution >= 4 is 22.3 Å². The lowest BCUT2D eigenvalue weighted by Crippen LogP contribution is -2.33. The summed E-state index contributed by atoms with van der Waals surface area (Å²) in [6.45, 7) is 3.78. The highest BCUT2D eigenvalue weighted by atomic mass is 32.1. The zero-order valence-electron chi connectivity index (χ0n) is 16.7. The maximum atomic E-state index is 10.00. The van der Waals surface area contributed by atoms with Crippen molar-refractivity contribution in [2.24, 2.45) is 0 Å². The predicted octanol–water partition coefficient (Wildman–Crippen LogP) is 4.27. The summed E-state index contributed by atoms with van der Waals surface area (Å²) in [5.41, 5.74) is 1.66. The molecule has 0 unspecified atom stereocenters. The van der Waals surface area contributed by atoms with Gasteiger partial charge in [-0.25, -0.2) is 4.98 Å². The van der Waals surface area contributed by atoms with Gasteiger partial charge in [0.25, 0.3) is 0 Å². The molecule has 30 heavy (non-hydrogen) atoms. The molecule has 1 atom stereocenters. The first-order valence-electron chi connectivity index (χ1n) is 9.83. The van der Waals surface area contributed by atoms with E-state index in [2.05, 4.69) is 10.3 Å². The van der Waals surface area contributed by atoms with Gasteiger partial charge in [-0.2, -0.15) is 0 Å². The standard InChI is InChI=1S/C23H24N2O4S/c1-16-25-21(15-30-16)23-12-17-11-20(7-8-22(17)29-23)27-10-9-24-13-18(26)14-28-19-5-3-2-4-6-19/h2-8,11-12,15,18,24,26H,9-10,13-14H2,1H3/t18-/m0/s1. The van der Waals surface area contributed by atoms with Crippen LogP contribution >= 0.6 is 11.3 Å². The number of benzene rings is 2. The van der Waals surface area contributed by atoms with Crippen LogP contribution in [0.25, 0.3) is 22.4 Å². The molecule has 2 heterocycles. The Balaban J connectivity index is 1.20. The molecule has 0 aliphatic heterocycles. The van der Waals surface area contributed by atoms with Crippen molar-refractivity contribution in [1.82, 2.24) is 10.3 Å². The van der Waals surface area contributed by atoms with Crippen LogP contribution in [-0.4, -0.2) is 42.5 Å². The summed E-state index contributed by atoms with van der Waals surface area (Å²) in [6.07, 6.45) is -0.583. The normalized spacial score (nSPS) is 12.2. The number of aliphatic hydroxyl groups is 1. The van der Waals surface area contributed by atoms with Crippen LogP contribution in [0.15, 0.2) is 64.4 Å². The molecule has 0 aliphatic rings. The summed E-state index contributed by atoms with van der Waals surface area (Å²) in [6, 6.07) is 17.2. The average molecular weight is 425 g/mol. The minimum atomic E-state index is -0.583. The highest BCUT2D eigenvalue weighted by Gasteiger charge is 2.10. The van der Waals surface area contributed by atoms with Crippen LogP contribution in [0, 0.1) is 6.92 Å². The molecule has 2 N–H and O–H groups in total. The van der Waals surface area contributed by atoms with E-state index in [1.165, 1.54) is 0 Å². The Kier molecular flexibility index (Phi) is 6.63. The van der Waals surface area contributed by atoms with Gasteiger partial charge in [0, 0.05) is 23.9 Å². The van der Waals surface area contributed by atoms with E-state index in [9.17, 15) is 5.11 Å². The lowest BCUT2D eigenvalue weighted by atomic mass is 10.2. The molecule has 0 radical (unpaired) electrons. The second kappa shape index (κ2) is 9.75. The molecule has 0 amide bonds. The Hall–Kier alpha value is -2.87. The number of para-hydroxylation sites is 1. The highest BCUT2D eigenvalue weighted by molar-refractivity contribution is 7.09. The van der Waals surface area contributed by atoms with Crippen molar-refractivity contribution in [3.05, 3.63) is 65.0 Å². The van der Waals surface area contributed by atoms with Crippen LogP contribution in [0.4, 0.5) is 0 Å². The van der Waals surface area contributed by atoms with Gasteiger partial charge in [-0.3, -0.25) is 0 Å². The fourth-order valence-corrected chi connectivity index (χ4v) is 3.59. The quantitative estimate of drug-likeness (QED) is 0.370. The third-order valence-electron chi connectivity index (χ3n) is 4.47. The number of aromatic nitrogens is 1. The van der Waals surface area contributed by atoms with Crippen molar-refractivity contribution in [2.75, 3.05) is 26.3 Å². The number of nitrogens with zero attached hydrogens (tertiary/aromatic N) is 1. The molecular formula is C23H24N2O4S. The van der Waals surface area contributed by atoms with Gasteiger partial charge in [0.05, 0.1) is 5.01 Å². The van der Waals surface area contributed by atoms with Crippen molar-refractivity contribution in [3.63, 3.8) is 0 Å². The molecular weight excluding hydrogens is 400 g/mol. The maximum Gasteiger partial charge on any atom is 0.154 e. The topological polar surface area (TPSA) is 76.8 Å². The van der Waals surface area contributed by atoms with Gasteiger partial charge in [0.1, 0.15) is 42.1 Å². The van der Waals surface area contributed by atoms with Crippen molar-refractivity contribution in [1.29, 1.82) is 0 Å². The van der Waals surface area contributed by atoms with Crippen molar-refractivity contribution in [3.8, 4) is 23.0 Å². The smallest absolute Gasteiger partial charge is 0.154 e. The van der Waals surface area contributed by atoms with Crippen molar-refractivity contribution < 1.29 is 19.0 Å². The fourth-order valence-electron chi connectivity index (χ4n) is 2.99. The van der Waals surface area contributed by atoms with Gasteiger partial charge in [0.15, 0.2) is 5.76 Å². The van der Waals surface area contributed by atoms with Crippen LogP contribution in [0.1, 0.15) is 5.01 Å². The number of fused-ring (bicyclic) bond motifs is 1. The third-order valence-corrected chi connectivity index (χ3v) is 5.25. The van der Waals surface area contributed by atoms with Gasteiger partial charge in [0.2, 0.25) is 0 Å². The zero-order chi connectivity index (χ0) is 20.8. The first-order valence-corrected chi connectivity index (χ1v) is 10.7. The van der Waals surface area contributed by atoms with Gasteiger partial charge in [-0.1, -0.05) is 18.2 Å². The molecule has 7 heteroatoms. The number of hydrogen-bond acceptors (Lipinski definition) is 7. The number of thiazole rings is 1. The Morgan fingerprint density at radius 1 is 1.10 bits per heavy atom. The van der Waals surface area contributed by atoms with Crippen LogP contribution < -0.4 is 14.8 Å². The van der Waals surface area contributed by atoms with E-state index in [4.69, 9.17) is 13.9 Å². The molecule has 6 nitrogen and oxygen atoms in total. The van der Waals surface area contributed by atoms with Gasteiger partial charge < -0.3 is 24.3 Å². The molecule has 0 saturated heterocycles. The van der Waals surface area contributed by atoms with Gasteiger partial charge >= 0.3 is 0 Å². The second-order valence-electron chi connectivity index (χ2n) is 6.89. The number of rotatable bonds is 10. The predicted molar refractivity (Wildman–Crippen MR) is 118 cm³/mol. The Bertz CT molecular complexity index is 1080. The van der Waals surface area contributed by atoms with Crippen molar-refractivity contribution in [2.45, 2.75) is 13.0 Å². The molecule has 4 aromatic rings. The number of furan rings is 1. The Morgan fingerprint density at radius 3 is 2.77 bits per heavy atom. The third kappa shape index (κ3) is 5.38. The number of nitrogens with one attached hydrogen (secondary N) is 1. The molecule has 2 aromatic carbocycles. The first kappa shape index (κ1) is 20.4. The van der Waals surface area contributed by atoms with Gasteiger partial charge in [-0.15, -0.1) is 11.3 Å². The minimum absolute atomic E-state index is 0.246. The monoisotopic (exact) mass is 424 g/mol.